The van der Waals surface area contributed by atoms with Crippen molar-refractivity contribution >= 4 is 11.3 Å². The monoisotopic (exact) mass is 296 g/mol. The zero-order valence-corrected chi connectivity index (χ0v) is 12.1. The van der Waals surface area contributed by atoms with E-state index in [2.05, 4.69) is 35.8 Å². The Labute approximate surface area is 115 Å². The molecule has 0 amide bonds. The van der Waals surface area contributed by atoms with Crippen molar-refractivity contribution in [1.29, 1.82) is 0 Å². The van der Waals surface area contributed by atoms with E-state index in [4.69, 9.17) is 0 Å². The van der Waals surface area contributed by atoms with Gasteiger partial charge in [0.1, 0.15) is 11.6 Å². The minimum Gasteiger partial charge on any atom is -0.371 e. The third kappa shape index (κ3) is 6.89. The second-order valence-electron chi connectivity index (χ2n) is 5.22. The number of nitrogens with one attached hydrogen (secondary N) is 1. The van der Waals surface area contributed by atoms with Crippen LogP contribution in [-0.4, -0.2) is 30.9 Å². The van der Waals surface area contributed by atoms with E-state index in [-0.39, 0.29) is 12.0 Å². The molecule has 0 unspecified atom stereocenters. The van der Waals surface area contributed by atoms with Crippen molar-refractivity contribution in [2.75, 3.05) is 19.8 Å². The summed E-state index contributed by atoms with van der Waals surface area (Å²) in [5.41, 5.74) is 1.05. The van der Waals surface area contributed by atoms with Crippen molar-refractivity contribution in [1.82, 2.24) is 10.3 Å². The maximum atomic E-state index is 11.8. The molecule has 0 radical (unpaired) electrons. The summed E-state index contributed by atoms with van der Waals surface area (Å²) in [6.45, 7) is 6.03. The number of nitrogens with zero attached hydrogens (tertiary/aromatic N) is 1. The van der Waals surface area contributed by atoms with Crippen LogP contribution in [0.15, 0.2) is 5.38 Å². The minimum atomic E-state index is -4.25. The number of halogens is 3. The van der Waals surface area contributed by atoms with E-state index in [0.717, 1.165) is 10.7 Å². The maximum Gasteiger partial charge on any atom is 0.411 e. The van der Waals surface area contributed by atoms with Crippen molar-refractivity contribution < 1.29 is 17.9 Å². The van der Waals surface area contributed by atoms with Gasteiger partial charge in [0.05, 0.1) is 12.3 Å². The van der Waals surface area contributed by atoms with Crippen molar-refractivity contribution in [2.45, 2.75) is 38.9 Å². The smallest absolute Gasteiger partial charge is 0.371 e. The van der Waals surface area contributed by atoms with Crippen LogP contribution in [0.5, 0.6) is 0 Å². The molecule has 19 heavy (non-hydrogen) atoms. The van der Waals surface area contributed by atoms with Crippen LogP contribution in [0, 0.1) is 0 Å². The predicted octanol–water partition coefficient (Wildman–Crippen LogP) is 3.11. The third-order valence-corrected chi connectivity index (χ3v) is 3.13. The van der Waals surface area contributed by atoms with Gasteiger partial charge < -0.3 is 10.1 Å². The highest BCUT2D eigenvalue weighted by atomic mass is 32.1. The van der Waals surface area contributed by atoms with E-state index in [0.29, 0.717) is 13.1 Å². The molecule has 0 aliphatic carbocycles. The Kier molecular flexibility index (Phi) is 5.76. The summed E-state index contributed by atoms with van der Waals surface area (Å²) < 4.78 is 39.9. The van der Waals surface area contributed by atoms with Crippen LogP contribution in [0.4, 0.5) is 13.2 Å². The van der Waals surface area contributed by atoms with Crippen molar-refractivity contribution in [3.8, 4) is 0 Å². The Balaban J connectivity index is 2.18. The number of alkyl halides is 3. The molecule has 1 N–H and O–H groups in total. The largest absolute Gasteiger partial charge is 0.411 e. The summed E-state index contributed by atoms with van der Waals surface area (Å²) in [6, 6.07) is 0. The first-order valence-electron chi connectivity index (χ1n) is 5.98. The second kappa shape index (κ2) is 6.67. The van der Waals surface area contributed by atoms with Crippen LogP contribution in [0.1, 0.15) is 31.5 Å². The van der Waals surface area contributed by atoms with E-state index in [1.807, 2.05) is 5.38 Å². The molecule has 1 heterocycles. The Morgan fingerprint density at radius 3 is 2.53 bits per heavy atom. The molecule has 0 atom stereocenters. The molecule has 1 aromatic heterocycles. The van der Waals surface area contributed by atoms with Gasteiger partial charge in [0.2, 0.25) is 0 Å². The number of thiazole rings is 1. The Bertz CT molecular complexity index is 385. The molecule has 0 aliphatic heterocycles. The molecule has 0 aromatic carbocycles. The summed E-state index contributed by atoms with van der Waals surface area (Å²) in [5.74, 6) is 0. The molecule has 1 aromatic rings. The normalized spacial score (nSPS) is 12.9. The van der Waals surface area contributed by atoms with Gasteiger partial charge in [-0.15, -0.1) is 11.3 Å². The molecular weight excluding hydrogens is 277 g/mol. The van der Waals surface area contributed by atoms with Gasteiger partial charge in [-0.2, -0.15) is 13.2 Å². The van der Waals surface area contributed by atoms with E-state index in [1.54, 1.807) is 11.3 Å². The van der Waals surface area contributed by atoms with Crippen LogP contribution in [0.3, 0.4) is 0 Å². The van der Waals surface area contributed by atoms with Crippen LogP contribution < -0.4 is 5.32 Å². The fourth-order valence-electron chi connectivity index (χ4n) is 1.26. The summed E-state index contributed by atoms with van der Waals surface area (Å²) in [5, 5.41) is 5.95. The fourth-order valence-corrected chi connectivity index (χ4v) is 2.25. The second-order valence-corrected chi connectivity index (χ2v) is 6.16. The maximum absolute atomic E-state index is 11.8. The Hall–Kier alpha value is -0.660. The molecule has 110 valence electrons. The van der Waals surface area contributed by atoms with Gasteiger partial charge in [-0.05, 0) is 0 Å². The number of ether oxygens (including phenoxy) is 1. The van der Waals surface area contributed by atoms with Crippen molar-refractivity contribution in [2.24, 2.45) is 0 Å². The molecule has 7 heteroatoms. The molecule has 3 nitrogen and oxygen atoms in total. The molecule has 0 saturated heterocycles. The lowest BCUT2D eigenvalue weighted by atomic mass is 9.93. The molecule has 0 aliphatic rings. The lowest BCUT2D eigenvalue weighted by Gasteiger charge is -2.14. The predicted molar refractivity (Wildman–Crippen MR) is 69.4 cm³/mol. The third-order valence-electron chi connectivity index (χ3n) is 2.29. The van der Waals surface area contributed by atoms with Gasteiger partial charge in [-0.3, -0.25) is 0 Å². The number of hydrogen-bond acceptors (Lipinski definition) is 4. The highest BCUT2D eigenvalue weighted by Crippen LogP contribution is 2.23. The van der Waals surface area contributed by atoms with Crippen LogP contribution in [-0.2, 0) is 16.7 Å². The summed E-state index contributed by atoms with van der Waals surface area (Å²) in [7, 11) is 0. The SMILES string of the molecule is CC(C)(C)c1csc(CNCCOCC(F)(F)F)n1. The minimum absolute atomic E-state index is 0.0184. The van der Waals surface area contributed by atoms with Gasteiger partial charge in [0.25, 0.3) is 0 Å². The van der Waals surface area contributed by atoms with Gasteiger partial charge >= 0.3 is 6.18 Å². The summed E-state index contributed by atoms with van der Waals surface area (Å²) >= 11 is 1.55. The van der Waals surface area contributed by atoms with E-state index >= 15 is 0 Å². The highest BCUT2D eigenvalue weighted by molar-refractivity contribution is 7.09. The molecular formula is C12H19F3N2OS. The number of aromatic nitrogens is 1. The Morgan fingerprint density at radius 1 is 1.32 bits per heavy atom. The topological polar surface area (TPSA) is 34.1 Å². The van der Waals surface area contributed by atoms with Crippen molar-refractivity contribution in [3.05, 3.63) is 16.1 Å². The van der Waals surface area contributed by atoms with Crippen molar-refractivity contribution in [3.63, 3.8) is 0 Å². The highest BCUT2D eigenvalue weighted by Gasteiger charge is 2.27. The zero-order valence-electron chi connectivity index (χ0n) is 11.3. The zero-order chi connectivity index (χ0) is 14.5. The lowest BCUT2D eigenvalue weighted by molar-refractivity contribution is -0.173. The molecule has 0 bridgehead atoms. The van der Waals surface area contributed by atoms with Crippen LogP contribution in [0.2, 0.25) is 0 Å². The Morgan fingerprint density at radius 2 is 2.00 bits per heavy atom. The average Bonchev–Trinajstić information content (AvgIpc) is 2.69. The van der Waals surface area contributed by atoms with Gasteiger partial charge in [0.15, 0.2) is 0 Å². The first kappa shape index (κ1) is 16.4. The number of rotatable bonds is 6. The standard InChI is InChI=1S/C12H19F3N2OS/c1-11(2,3)9-7-19-10(17-9)6-16-4-5-18-8-12(13,14)15/h7,16H,4-6,8H2,1-3H3. The summed E-state index contributed by atoms with van der Waals surface area (Å²) in [6.07, 6.45) is -4.25. The lowest BCUT2D eigenvalue weighted by Crippen LogP contribution is -2.23. The quantitative estimate of drug-likeness (QED) is 0.819. The molecule has 0 saturated carbocycles. The van der Waals surface area contributed by atoms with E-state index < -0.39 is 12.8 Å². The number of hydrogen-bond donors (Lipinski definition) is 1. The molecule has 0 spiro atoms. The van der Waals surface area contributed by atoms with Gasteiger partial charge in [-0.25, -0.2) is 4.98 Å². The van der Waals surface area contributed by atoms with Crippen LogP contribution in [0.25, 0.3) is 0 Å². The van der Waals surface area contributed by atoms with E-state index in [1.165, 1.54) is 0 Å². The van der Waals surface area contributed by atoms with Gasteiger partial charge in [0, 0.05) is 23.9 Å². The van der Waals surface area contributed by atoms with Crippen LogP contribution >= 0.6 is 11.3 Å². The first-order valence-corrected chi connectivity index (χ1v) is 6.86. The molecule has 0 fully saturated rings. The fraction of sp³-hybridized carbons (Fsp3) is 0.750. The molecule has 1 rings (SSSR count). The summed E-state index contributed by atoms with van der Waals surface area (Å²) in [4.78, 5) is 4.47. The van der Waals surface area contributed by atoms with Gasteiger partial charge in [-0.1, -0.05) is 20.8 Å². The first-order chi connectivity index (χ1) is 8.68. The average molecular weight is 296 g/mol. The van der Waals surface area contributed by atoms with E-state index in [9.17, 15) is 13.2 Å².